The van der Waals surface area contributed by atoms with Gasteiger partial charge in [0.25, 0.3) is 0 Å². The van der Waals surface area contributed by atoms with Gasteiger partial charge in [0.05, 0.1) is 5.92 Å². The molecule has 0 unspecified atom stereocenters. The van der Waals surface area contributed by atoms with E-state index in [9.17, 15) is 9.59 Å². The molecule has 1 aliphatic rings. The van der Waals surface area contributed by atoms with Gasteiger partial charge in [0.15, 0.2) is 0 Å². The van der Waals surface area contributed by atoms with Crippen LogP contribution in [0.3, 0.4) is 0 Å². The quantitative estimate of drug-likeness (QED) is 0.178. The second kappa shape index (κ2) is 11.9. The number of benzene rings is 2. The van der Waals surface area contributed by atoms with Gasteiger partial charge < -0.3 is 20.9 Å². The molecule has 174 valence electrons. The largest absolute Gasteiger partial charge is 0.458 e. The number of nitrogens with two attached hydrogens (primary N) is 2. The van der Waals surface area contributed by atoms with Crippen LogP contribution in [0.1, 0.15) is 49.7 Å². The molecule has 0 bridgehead atoms. The van der Waals surface area contributed by atoms with Crippen LogP contribution < -0.4 is 16.2 Å². The molecule has 3 rings (SSSR count). The van der Waals surface area contributed by atoms with Crippen LogP contribution in [0.15, 0.2) is 61.2 Å². The molecule has 1 saturated carbocycles. The fourth-order valence-electron chi connectivity index (χ4n) is 4.00. The van der Waals surface area contributed by atoms with Gasteiger partial charge in [-0.15, -0.1) is 6.58 Å². The van der Waals surface area contributed by atoms with Crippen LogP contribution in [0, 0.1) is 11.8 Å². The Balaban J connectivity index is 1.44. The number of hydrogen-bond acceptors (Lipinski definition) is 6. The number of nitrogen functional groups attached to an aromatic ring is 2. The summed E-state index contributed by atoms with van der Waals surface area (Å²) in [5.41, 5.74) is 14.1. The monoisotopic (exact) mass is 448 g/mol. The summed E-state index contributed by atoms with van der Waals surface area (Å²) in [6, 6.07) is 12.1. The van der Waals surface area contributed by atoms with Crippen molar-refractivity contribution < 1.29 is 19.1 Å². The molecule has 2 aromatic carbocycles. The van der Waals surface area contributed by atoms with Crippen LogP contribution in [0.2, 0.25) is 0 Å². The Morgan fingerprint density at radius 1 is 1.03 bits per heavy atom. The van der Waals surface area contributed by atoms with E-state index in [1.807, 2.05) is 6.08 Å². The molecule has 0 amide bonds. The summed E-state index contributed by atoms with van der Waals surface area (Å²) in [7, 11) is 0. The number of hydrogen-bond donors (Lipinski definition) is 2. The molecular weight excluding hydrogens is 416 g/mol. The van der Waals surface area contributed by atoms with Gasteiger partial charge in [0.2, 0.25) is 0 Å². The topological polar surface area (TPSA) is 105 Å². The predicted octanol–water partition coefficient (Wildman–Crippen LogP) is 5.29. The number of carbonyl (C=O) groups is 2. The molecule has 1 aliphatic carbocycles. The van der Waals surface area contributed by atoms with Crippen molar-refractivity contribution in [2.24, 2.45) is 11.8 Å². The minimum absolute atomic E-state index is 0.0340. The van der Waals surface area contributed by atoms with Crippen molar-refractivity contribution in [2.45, 2.75) is 45.1 Å². The van der Waals surface area contributed by atoms with Crippen LogP contribution in [0.25, 0.3) is 6.08 Å². The lowest BCUT2D eigenvalue weighted by Crippen LogP contribution is -2.25. The number of rotatable bonds is 9. The summed E-state index contributed by atoms with van der Waals surface area (Å²) in [5.74, 6) is 0.507. The summed E-state index contributed by atoms with van der Waals surface area (Å²) in [6.07, 6.45) is 11.0. The van der Waals surface area contributed by atoms with E-state index in [4.69, 9.17) is 20.9 Å². The number of anilines is 2. The van der Waals surface area contributed by atoms with Crippen molar-refractivity contribution in [3.63, 3.8) is 0 Å². The standard InChI is InChI=1S/C27H32N2O4/c1-2-3-4-19-5-10-21(11-6-19)27(31)33-24-13-7-20(8-14-24)9-16-26(30)32-18-22-17-23(28)12-15-25(22)29/h2,7-9,12-17,19,21H,1,3-6,10-11,18,28-29H2/b16-9+. The summed E-state index contributed by atoms with van der Waals surface area (Å²) in [5, 5.41) is 0. The number of allylic oxidation sites excluding steroid dienone is 1. The minimum atomic E-state index is -0.490. The van der Waals surface area contributed by atoms with E-state index in [0.717, 1.165) is 44.1 Å². The molecule has 1 fully saturated rings. The Morgan fingerprint density at radius 3 is 2.45 bits per heavy atom. The Labute approximate surface area is 195 Å². The first kappa shape index (κ1) is 24.1. The molecule has 0 heterocycles. The maximum Gasteiger partial charge on any atom is 0.331 e. The Kier molecular flexibility index (Phi) is 8.70. The first-order chi connectivity index (χ1) is 15.9. The third-order valence-corrected chi connectivity index (χ3v) is 6.01. The average Bonchev–Trinajstić information content (AvgIpc) is 2.83. The fraction of sp³-hybridized carbons (Fsp3) is 0.333. The lowest BCUT2D eigenvalue weighted by atomic mass is 9.80. The second-order valence-corrected chi connectivity index (χ2v) is 8.47. The van der Waals surface area contributed by atoms with Gasteiger partial charge in [0.1, 0.15) is 12.4 Å². The first-order valence-electron chi connectivity index (χ1n) is 11.4. The summed E-state index contributed by atoms with van der Waals surface area (Å²) >= 11 is 0. The molecule has 6 heteroatoms. The van der Waals surface area contributed by atoms with E-state index >= 15 is 0 Å². The highest BCUT2D eigenvalue weighted by atomic mass is 16.5. The molecule has 33 heavy (non-hydrogen) atoms. The van der Waals surface area contributed by atoms with Crippen LogP contribution in [0.5, 0.6) is 5.75 Å². The molecule has 0 aliphatic heterocycles. The van der Waals surface area contributed by atoms with Crippen molar-refractivity contribution in [1.29, 1.82) is 0 Å². The number of carbonyl (C=O) groups excluding carboxylic acids is 2. The Bertz CT molecular complexity index is 990. The van der Waals surface area contributed by atoms with E-state index in [-0.39, 0.29) is 18.5 Å². The average molecular weight is 449 g/mol. The smallest absolute Gasteiger partial charge is 0.331 e. The summed E-state index contributed by atoms with van der Waals surface area (Å²) in [4.78, 5) is 24.5. The lowest BCUT2D eigenvalue weighted by Gasteiger charge is -2.26. The van der Waals surface area contributed by atoms with E-state index < -0.39 is 5.97 Å². The van der Waals surface area contributed by atoms with E-state index in [1.54, 1.807) is 48.5 Å². The third kappa shape index (κ3) is 7.52. The Morgan fingerprint density at radius 2 is 1.76 bits per heavy atom. The predicted molar refractivity (Wildman–Crippen MR) is 131 cm³/mol. The van der Waals surface area contributed by atoms with Crippen molar-refractivity contribution >= 4 is 29.4 Å². The normalized spacial score (nSPS) is 18.1. The van der Waals surface area contributed by atoms with Gasteiger partial charge in [0, 0.05) is 23.0 Å². The highest BCUT2D eigenvalue weighted by Crippen LogP contribution is 2.32. The molecule has 0 spiro atoms. The zero-order valence-electron chi connectivity index (χ0n) is 18.9. The van der Waals surface area contributed by atoms with Gasteiger partial charge in [-0.1, -0.05) is 18.2 Å². The first-order valence-corrected chi connectivity index (χ1v) is 11.4. The van der Waals surface area contributed by atoms with Crippen LogP contribution in [0.4, 0.5) is 11.4 Å². The Hall–Kier alpha value is -3.54. The zero-order valence-corrected chi connectivity index (χ0v) is 18.9. The summed E-state index contributed by atoms with van der Waals surface area (Å²) < 4.78 is 10.8. The van der Waals surface area contributed by atoms with Crippen LogP contribution in [-0.2, 0) is 20.9 Å². The van der Waals surface area contributed by atoms with Gasteiger partial charge in [-0.05, 0) is 86.4 Å². The van der Waals surface area contributed by atoms with E-state index in [0.29, 0.717) is 28.6 Å². The van der Waals surface area contributed by atoms with Crippen molar-refractivity contribution in [1.82, 2.24) is 0 Å². The van der Waals surface area contributed by atoms with Gasteiger partial charge in [-0.2, -0.15) is 0 Å². The third-order valence-electron chi connectivity index (χ3n) is 6.01. The maximum atomic E-state index is 12.5. The van der Waals surface area contributed by atoms with Crippen molar-refractivity contribution in [3.05, 3.63) is 72.3 Å². The van der Waals surface area contributed by atoms with Gasteiger partial charge >= 0.3 is 11.9 Å². The number of esters is 2. The fourth-order valence-corrected chi connectivity index (χ4v) is 4.00. The van der Waals surface area contributed by atoms with E-state index in [1.165, 1.54) is 6.08 Å². The molecule has 0 aromatic heterocycles. The molecule has 0 radical (unpaired) electrons. The van der Waals surface area contributed by atoms with Crippen molar-refractivity contribution in [3.8, 4) is 5.75 Å². The second-order valence-electron chi connectivity index (χ2n) is 8.47. The van der Waals surface area contributed by atoms with Crippen LogP contribution in [-0.4, -0.2) is 11.9 Å². The van der Waals surface area contributed by atoms with Gasteiger partial charge in [-0.25, -0.2) is 4.79 Å². The van der Waals surface area contributed by atoms with Gasteiger partial charge in [-0.3, -0.25) is 4.79 Å². The zero-order chi connectivity index (χ0) is 23.6. The lowest BCUT2D eigenvalue weighted by molar-refractivity contribution is -0.140. The minimum Gasteiger partial charge on any atom is -0.458 e. The maximum absolute atomic E-state index is 12.5. The molecule has 2 aromatic rings. The van der Waals surface area contributed by atoms with Crippen molar-refractivity contribution in [2.75, 3.05) is 11.5 Å². The molecule has 0 saturated heterocycles. The molecular formula is C27H32N2O4. The molecule has 4 N–H and O–H groups in total. The molecule has 0 atom stereocenters. The van der Waals surface area contributed by atoms with E-state index in [2.05, 4.69) is 6.58 Å². The summed E-state index contributed by atoms with van der Waals surface area (Å²) in [6.45, 7) is 3.82. The highest BCUT2D eigenvalue weighted by molar-refractivity contribution is 5.87. The van der Waals surface area contributed by atoms with Crippen LogP contribution >= 0.6 is 0 Å². The number of ether oxygens (including phenoxy) is 2. The highest BCUT2D eigenvalue weighted by Gasteiger charge is 2.27. The molecule has 6 nitrogen and oxygen atoms in total. The SMILES string of the molecule is C=CCCC1CCC(C(=O)Oc2ccc(/C=C/C(=O)OCc3cc(N)ccc3N)cc2)CC1.